The minimum atomic E-state index is -0.392. The summed E-state index contributed by atoms with van der Waals surface area (Å²) in [6.07, 6.45) is 1.75. The second-order valence-electron chi connectivity index (χ2n) is 6.10. The van der Waals surface area contributed by atoms with Gasteiger partial charge in [-0.15, -0.1) is 0 Å². The van der Waals surface area contributed by atoms with Gasteiger partial charge in [0, 0.05) is 19.0 Å². The van der Waals surface area contributed by atoms with Crippen LogP contribution in [0.5, 0.6) is 5.75 Å². The number of aromatic nitrogens is 1. The van der Waals surface area contributed by atoms with Crippen molar-refractivity contribution in [3.63, 3.8) is 0 Å². The van der Waals surface area contributed by atoms with Crippen LogP contribution in [0, 0.1) is 5.92 Å². The molecule has 1 aliphatic carbocycles. The first-order valence-corrected chi connectivity index (χ1v) is 9.17. The van der Waals surface area contributed by atoms with E-state index in [1.165, 1.54) is 7.05 Å². The molecule has 0 aliphatic heterocycles. The molecule has 1 aromatic heterocycles. The van der Waals surface area contributed by atoms with Crippen LogP contribution >= 0.6 is 15.9 Å². The predicted octanol–water partition coefficient (Wildman–Crippen LogP) is 2.89. The maximum absolute atomic E-state index is 12.3. The Morgan fingerprint density at radius 2 is 2.04 bits per heavy atom. The molecule has 2 amide bonds. The fourth-order valence-electron chi connectivity index (χ4n) is 2.62. The van der Waals surface area contributed by atoms with Crippen LogP contribution in [0.4, 0.5) is 23.0 Å². The van der Waals surface area contributed by atoms with E-state index in [-0.39, 0.29) is 29.0 Å². The number of carbonyl (C=O) groups is 2. The lowest BCUT2D eigenvalue weighted by molar-refractivity contribution is -0.117. The standard InChI is InChI=1S/C18H20BrN5O3/c1-21-18(26)14-12(22-11-5-3-4-10(19)15(11)27-2)8-13(23-16(14)20)24-17(25)9-6-7-9/h3-5,8-9H,6-7H2,1-2H3,(H,21,26)(H4,20,22,23,24,25). The summed E-state index contributed by atoms with van der Waals surface area (Å²) in [5, 5.41) is 8.46. The van der Waals surface area contributed by atoms with Gasteiger partial charge < -0.3 is 26.4 Å². The second-order valence-corrected chi connectivity index (χ2v) is 6.96. The molecule has 2 aromatic rings. The van der Waals surface area contributed by atoms with Crippen molar-refractivity contribution in [1.82, 2.24) is 10.3 Å². The van der Waals surface area contributed by atoms with Crippen molar-refractivity contribution in [3.8, 4) is 5.75 Å². The van der Waals surface area contributed by atoms with Crippen LogP contribution in [-0.4, -0.2) is 31.0 Å². The maximum Gasteiger partial charge on any atom is 0.256 e. The summed E-state index contributed by atoms with van der Waals surface area (Å²) >= 11 is 3.43. The third-order valence-corrected chi connectivity index (χ3v) is 4.77. The van der Waals surface area contributed by atoms with Gasteiger partial charge in [-0.1, -0.05) is 6.07 Å². The summed E-state index contributed by atoms with van der Waals surface area (Å²) < 4.78 is 6.16. The largest absolute Gasteiger partial charge is 0.493 e. The zero-order chi connectivity index (χ0) is 19.6. The number of pyridine rings is 1. The molecule has 142 valence electrons. The Morgan fingerprint density at radius 1 is 1.30 bits per heavy atom. The highest BCUT2D eigenvalue weighted by molar-refractivity contribution is 9.10. The number of ether oxygens (including phenoxy) is 1. The molecule has 3 rings (SSSR count). The molecule has 1 aromatic carbocycles. The van der Waals surface area contributed by atoms with Crippen LogP contribution in [0.25, 0.3) is 0 Å². The summed E-state index contributed by atoms with van der Waals surface area (Å²) in [6.45, 7) is 0. The highest BCUT2D eigenvalue weighted by Crippen LogP contribution is 2.37. The summed E-state index contributed by atoms with van der Waals surface area (Å²) in [4.78, 5) is 28.5. The van der Waals surface area contributed by atoms with Crippen molar-refractivity contribution >= 4 is 50.8 Å². The molecule has 9 heteroatoms. The second kappa shape index (κ2) is 7.83. The Kier molecular flexibility index (Phi) is 5.50. The number of halogens is 1. The van der Waals surface area contributed by atoms with Crippen LogP contribution in [0.1, 0.15) is 23.2 Å². The minimum absolute atomic E-state index is 0.0133. The molecule has 0 radical (unpaired) electrons. The van der Waals surface area contributed by atoms with Crippen molar-refractivity contribution in [2.45, 2.75) is 12.8 Å². The van der Waals surface area contributed by atoms with Crippen molar-refractivity contribution in [1.29, 1.82) is 0 Å². The molecule has 1 aliphatic rings. The normalized spacial score (nSPS) is 13.0. The van der Waals surface area contributed by atoms with E-state index in [0.29, 0.717) is 17.1 Å². The van der Waals surface area contributed by atoms with Gasteiger partial charge in [0.2, 0.25) is 5.91 Å². The van der Waals surface area contributed by atoms with Crippen LogP contribution in [0.2, 0.25) is 0 Å². The number of hydrogen-bond acceptors (Lipinski definition) is 6. The molecule has 5 N–H and O–H groups in total. The van der Waals surface area contributed by atoms with E-state index in [1.807, 2.05) is 12.1 Å². The molecule has 0 bridgehead atoms. The smallest absolute Gasteiger partial charge is 0.256 e. The van der Waals surface area contributed by atoms with E-state index in [9.17, 15) is 9.59 Å². The lowest BCUT2D eigenvalue weighted by atomic mass is 10.1. The number of nitrogens with one attached hydrogen (secondary N) is 3. The molecule has 0 atom stereocenters. The Bertz CT molecular complexity index is 899. The number of nitrogens with zero attached hydrogens (tertiary/aromatic N) is 1. The first-order chi connectivity index (χ1) is 12.9. The van der Waals surface area contributed by atoms with Crippen molar-refractivity contribution in [2.24, 2.45) is 5.92 Å². The van der Waals surface area contributed by atoms with E-state index in [0.717, 1.165) is 17.3 Å². The lowest BCUT2D eigenvalue weighted by Crippen LogP contribution is -2.22. The van der Waals surface area contributed by atoms with Gasteiger partial charge in [0.15, 0.2) is 5.75 Å². The molecule has 0 unspecified atom stereocenters. The van der Waals surface area contributed by atoms with E-state index in [1.54, 1.807) is 19.2 Å². The third-order valence-electron chi connectivity index (χ3n) is 4.14. The van der Waals surface area contributed by atoms with E-state index < -0.39 is 5.91 Å². The minimum Gasteiger partial charge on any atom is -0.493 e. The highest BCUT2D eigenvalue weighted by Gasteiger charge is 2.30. The Labute approximate surface area is 165 Å². The Morgan fingerprint density at radius 3 is 2.67 bits per heavy atom. The number of hydrogen-bond donors (Lipinski definition) is 4. The molecule has 1 saturated carbocycles. The summed E-state index contributed by atoms with van der Waals surface area (Å²) in [7, 11) is 3.06. The average Bonchev–Trinajstić information content (AvgIpc) is 3.46. The Balaban J connectivity index is 2.02. The van der Waals surface area contributed by atoms with Gasteiger partial charge in [0.05, 0.1) is 23.0 Å². The molecular weight excluding hydrogens is 414 g/mol. The molecule has 1 heterocycles. The first-order valence-electron chi connectivity index (χ1n) is 8.37. The van der Waals surface area contributed by atoms with E-state index in [2.05, 4.69) is 36.9 Å². The summed E-state index contributed by atoms with van der Waals surface area (Å²) in [5.41, 5.74) is 7.23. The number of amides is 2. The van der Waals surface area contributed by atoms with Gasteiger partial charge in [-0.3, -0.25) is 9.59 Å². The van der Waals surface area contributed by atoms with E-state index >= 15 is 0 Å². The van der Waals surface area contributed by atoms with Crippen LogP contribution in [0.15, 0.2) is 28.7 Å². The van der Waals surface area contributed by atoms with Crippen molar-refractivity contribution in [2.75, 3.05) is 30.5 Å². The molecular formula is C18H20BrN5O3. The monoisotopic (exact) mass is 433 g/mol. The summed E-state index contributed by atoms with van der Waals surface area (Å²) in [6, 6.07) is 7.05. The average molecular weight is 434 g/mol. The van der Waals surface area contributed by atoms with Gasteiger partial charge in [0.1, 0.15) is 17.2 Å². The number of benzene rings is 1. The van der Waals surface area contributed by atoms with Gasteiger partial charge in [0.25, 0.3) is 5.91 Å². The molecule has 0 spiro atoms. The zero-order valence-electron chi connectivity index (χ0n) is 14.9. The SMILES string of the molecule is CNC(=O)c1c(Nc2cccc(Br)c2OC)cc(NC(=O)C2CC2)nc1N. The number of methoxy groups -OCH3 is 1. The van der Waals surface area contributed by atoms with Gasteiger partial charge >= 0.3 is 0 Å². The zero-order valence-corrected chi connectivity index (χ0v) is 16.5. The number of nitrogen functional groups attached to an aromatic ring is 1. The molecule has 8 nitrogen and oxygen atoms in total. The quantitative estimate of drug-likeness (QED) is 0.555. The van der Waals surface area contributed by atoms with Gasteiger partial charge in [-0.25, -0.2) is 4.98 Å². The first kappa shape index (κ1) is 19.0. The van der Waals surface area contributed by atoms with Gasteiger partial charge in [-0.2, -0.15) is 0 Å². The summed E-state index contributed by atoms with van der Waals surface area (Å²) in [5.74, 6) is 0.401. The van der Waals surface area contributed by atoms with E-state index in [4.69, 9.17) is 10.5 Å². The Hall–Kier alpha value is -2.81. The highest BCUT2D eigenvalue weighted by atomic mass is 79.9. The molecule has 1 fully saturated rings. The number of anilines is 4. The van der Waals surface area contributed by atoms with Crippen molar-refractivity contribution in [3.05, 3.63) is 34.3 Å². The number of rotatable bonds is 6. The fraction of sp³-hybridized carbons (Fsp3) is 0.278. The van der Waals surface area contributed by atoms with Crippen LogP contribution < -0.4 is 26.4 Å². The van der Waals surface area contributed by atoms with Crippen LogP contribution in [-0.2, 0) is 4.79 Å². The lowest BCUT2D eigenvalue weighted by Gasteiger charge is -2.17. The number of para-hydroxylation sites is 1. The number of nitrogens with two attached hydrogens (primary N) is 1. The van der Waals surface area contributed by atoms with Gasteiger partial charge in [-0.05, 0) is 40.9 Å². The fourth-order valence-corrected chi connectivity index (χ4v) is 3.15. The third kappa shape index (κ3) is 4.13. The van der Waals surface area contributed by atoms with Crippen LogP contribution in [0.3, 0.4) is 0 Å². The predicted molar refractivity (Wildman–Crippen MR) is 107 cm³/mol. The van der Waals surface area contributed by atoms with Crippen molar-refractivity contribution < 1.29 is 14.3 Å². The topological polar surface area (TPSA) is 118 Å². The number of carbonyl (C=O) groups excluding carboxylic acids is 2. The molecule has 27 heavy (non-hydrogen) atoms. The maximum atomic E-state index is 12.3. The molecule has 0 saturated heterocycles.